The van der Waals surface area contributed by atoms with Crippen LogP contribution in [-0.4, -0.2) is 133 Å². The molecule has 0 bridgehead atoms. The molecule has 20 heteroatoms. The molecule has 0 atom stereocenters. The summed E-state index contributed by atoms with van der Waals surface area (Å²) in [5.41, 5.74) is 0. The Hall–Kier alpha value is 22.1. The van der Waals surface area contributed by atoms with Crippen molar-refractivity contribution in [2.75, 3.05) is 0 Å². The molecule has 0 saturated heterocycles. The van der Waals surface area contributed by atoms with Gasteiger partial charge in [-0.25, -0.2) is 0 Å². The maximum atomic E-state index is 0. The first-order chi connectivity index (χ1) is 0. The fourth-order valence-electron chi connectivity index (χ4n) is 0. The van der Waals surface area contributed by atoms with Crippen molar-refractivity contribution in [1.82, 2.24) is 0 Å². The van der Waals surface area contributed by atoms with Gasteiger partial charge in [0.05, 0.1) is 0 Å². The molecular formula is Bi2Cd2Ce2Er2Gd2InLa2Pb2TiYb2Zr2. The zero-order valence-electron chi connectivity index (χ0n) is 9.36. The van der Waals surface area contributed by atoms with Crippen LogP contribution in [0.4, 0.5) is 0 Å². The SMILES string of the molecule is [Bi].[Bi].[Cd].[Cd].[Ce].[Ce].[Er].[Er].[Gd].[Gd].[In].[La].[La].[Pb].[Pb].[Ti].[Yb].[Yb].[Zr].[Zr]. The molecule has 20 heavy (non-hydrogen) atoms. The second-order valence-corrected chi connectivity index (χ2v) is 0. The Kier molecular flexibility index (Phi) is 984. The Bertz CT molecular complexity index is 68.4. The summed E-state index contributed by atoms with van der Waals surface area (Å²) in [7, 11) is 0. The van der Waals surface area contributed by atoms with Gasteiger partial charge in [-0.05, 0) is 0 Å². The van der Waals surface area contributed by atoms with Crippen LogP contribution in [0.2, 0.25) is 0 Å². The Morgan fingerprint density at radius 2 is 0.550 bits per heavy atom. The van der Waals surface area contributed by atoms with Crippen molar-refractivity contribution in [2.45, 2.75) is 0 Å². The van der Waals surface area contributed by atoms with Crippen LogP contribution in [0.15, 0.2) is 0 Å². The summed E-state index contributed by atoms with van der Waals surface area (Å²) in [6.07, 6.45) is 0. The minimum atomic E-state index is 0. The molecule has 0 amide bonds. The molecule has 0 fully saturated rings. The number of rotatable bonds is 0. The zero-order valence-corrected chi connectivity index (χ0v) is 67.1. The Morgan fingerprint density at radius 3 is 0.550 bits per heavy atom. The van der Waals surface area contributed by atoms with E-state index in [1.807, 2.05) is 0 Å². The average Bonchev–Trinajstić information content (AvgIpc) is 0. The third kappa shape index (κ3) is 125. The normalized spacial score (nSPS) is 0. The maximum Gasteiger partial charge on any atom is 0 e. The summed E-state index contributed by atoms with van der Waals surface area (Å²) >= 11 is 0. The first-order valence-corrected chi connectivity index (χ1v) is 0. The molecule has 0 spiro atoms. The van der Waals surface area contributed by atoms with Gasteiger partial charge in [-0.3, -0.25) is 0 Å². The van der Waals surface area contributed by atoms with Gasteiger partial charge in [-0.15, -0.1) is 0 Å². The van der Waals surface area contributed by atoms with Gasteiger partial charge in [0.25, 0.3) is 0 Å². The second-order valence-electron chi connectivity index (χ2n) is 0. The Labute approximate surface area is 639 Å². The van der Waals surface area contributed by atoms with E-state index in [9.17, 15) is 0 Å². The third-order valence-corrected chi connectivity index (χ3v) is 0. The average molecular weight is 2960 g/mol. The van der Waals surface area contributed by atoms with E-state index in [1.54, 1.807) is 0 Å². The molecule has 0 aromatic rings. The van der Waals surface area contributed by atoms with Crippen molar-refractivity contribution in [2.24, 2.45) is 0 Å². The molecule has 0 heterocycles. The van der Waals surface area contributed by atoms with Crippen LogP contribution in [0.3, 0.4) is 0 Å². The predicted molar refractivity (Wildman–Crippen MR) is 28.8 cm³/mol. The number of hydrogen-bond donors (Lipinski definition) is 0. The van der Waals surface area contributed by atoms with Crippen LogP contribution >= 0.6 is 0 Å². The minimum Gasteiger partial charge on any atom is 0 e. The van der Waals surface area contributed by atoms with Gasteiger partial charge >= 0.3 is 0 Å². The molecule has 19 radical (unpaired) electrons. The first kappa shape index (κ1) is 146. The van der Waals surface area contributed by atoms with E-state index >= 15 is 0 Å². The van der Waals surface area contributed by atoms with E-state index in [-0.39, 0.29) is 665 Å². The van der Waals surface area contributed by atoms with Crippen LogP contribution in [0.5, 0.6) is 0 Å². The molecule has 0 aliphatic carbocycles. The summed E-state index contributed by atoms with van der Waals surface area (Å²) < 4.78 is 0. The van der Waals surface area contributed by atoms with Gasteiger partial charge < -0.3 is 0 Å². The van der Waals surface area contributed by atoms with E-state index in [4.69, 9.17) is 0 Å². The van der Waals surface area contributed by atoms with Gasteiger partial charge in [0.2, 0.25) is 0 Å². The quantitative estimate of drug-likeness (QED) is 0.249. The summed E-state index contributed by atoms with van der Waals surface area (Å²) in [4.78, 5) is 0. The van der Waals surface area contributed by atoms with E-state index in [0.29, 0.717) is 0 Å². The molecule has 0 aromatic heterocycles. The molecular weight excluding hydrogens is 2960 g/mol. The van der Waals surface area contributed by atoms with E-state index in [1.165, 1.54) is 0 Å². The van der Waals surface area contributed by atoms with E-state index < -0.39 is 0 Å². The van der Waals surface area contributed by atoms with Crippen LogP contribution in [-0.2, 0) is 129 Å². The van der Waals surface area contributed by atoms with Gasteiger partial charge in [-0.1, -0.05) is 0 Å². The molecule has 0 unspecified atom stereocenters. The molecule has 0 aliphatic rings. The van der Waals surface area contributed by atoms with Crippen molar-refractivity contribution in [3.05, 3.63) is 0 Å². The molecule has 0 saturated carbocycles. The largest absolute Gasteiger partial charge is 0 e. The van der Waals surface area contributed by atoms with E-state index in [0.717, 1.165) is 0 Å². The van der Waals surface area contributed by atoms with Crippen molar-refractivity contribution in [3.8, 4) is 0 Å². The molecule has 0 nitrogen and oxygen atoms in total. The van der Waals surface area contributed by atoms with Crippen LogP contribution < -0.4 is 0 Å². The van der Waals surface area contributed by atoms with E-state index in [2.05, 4.69) is 0 Å². The van der Waals surface area contributed by atoms with Crippen LogP contribution in [0.25, 0.3) is 0 Å². The summed E-state index contributed by atoms with van der Waals surface area (Å²) in [6, 6.07) is 0. The van der Waals surface area contributed by atoms with Gasteiger partial charge in [0, 0.05) is 665 Å². The van der Waals surface area contributed by atoms with Gasteiger partial charge in [0.15, 0.2) is 0 Å². The molecule has 0 rings (SSSR count). The fraction of sp³-hybridized carbons (Fsp3) is 0. The molecule has 0 N–H and O–H groups in total. The van der Waals surface area contributed by atoms with Crippen molar-refractivity contribution in [3.63, 3.8) is 0 Å². The van der Waals surface area contributed by atoms with Crippen LogP contribution in [0, 0.1) is 403 Å². The van der Waals surface area contributed by atoms with Gasteiger partial charge in [-0.2, -0.15) is 0 Å². The molecule has 0 aliphatic heterocycles. The monoisotopic (exact) mass is 2960 g/mol. The van der Waals surface area contributed by atoms with Crippen molar-refractivity contribution in [1.29, 1.82) is 0 Å². The topological polar surface area (TPSA) is 0 Å². The first-order valence-electron chi connectivity index (χ1n) is 0. The van der Waals surface area contributed by atoms with Crippen LogP contribution in [0.1, 0.15) is 0 Å². The standard InChI is InChI=1S/2Bi.2Cd.2Ce.2Er.2Gd.In.2La.2Pb.Ti.2Yb.2Zr. The third-order valence-electron chi connectivity index (χ3n) is 0. The summed E-state index contributed by atoms with van der Waals surface area (Å²) in [6.45, 7) is 0. The zero-order chi connectivity index (χ0) is 0. The fourth-order valence-corrected chi connectivity index (χ4v) is 0. The Morgan fingerprint density at radius 1 is 0.550 bits per heavy atom. The van der Waals surface area contributed by atoms with Crippen molar-refractivity contribution < 1.29 is 532 Å². The minimum absolute atomic E-state index is 0. The summed E-state index contributed by atoms with van der Waals surface area (Å²) in [5.74, 6) is 0. The molecule has 0 aromatic carbocycles. The molecule has 119 valence electrons. The smallest absolute Gasteiger partial charge is 0 e. The maximum absolute atomic E-state index is 0. The second kappa shape index (κ2) is 135. The Balaban J connectivity index is 0. The summed E-state index contributed by atoms with van der Waals surface area (Å²) in [5, 5.41) is 0. The number of hydrogen-bond acceptors (Lipinski definition) is 0. The van der Waals surface area contributed by atoms with Crippen molar-refractivity contribution >= 4 is 133 Å². The van der Waals surface area contributed by atoms with Gasteiger partial charge in [0.1, 0.15) is 0 Å². The predicted octanol–water partition coefficient (Wildman–Crippen LogP) is -1.92.